The maximum Gasteiger partial charge on any atom is 0.226 e. The van der Waals surface area contributed by atoms with Gasteiger partial charge >= 0.3 is 0 Å². The Bertz CT molecular complexity index is 224. The zero-order chi connectivity index (χ0) is 10.7. The minimum Gasteiger partial charge on any atom is -0.378 e. The normalized spacial score (nSPS) is 32.9. The Kier molecular flexibility index (Phi) is 3.62. The van der Waals surface area contributed by atoms with Crippen LogP contribution in [0.5, 0.6) is 0 Å². The van der Waals surface area contributed by atoms with E-state index in [-0.39, 0.29) is 17.9 Å². The molecule has 0 spiro atoms. The minimum atomic E-state index is 0.0897. The van der Waals surface area contributed by atoms with E-state index in [1.54, 1.807) is 0 Å². The van der Waals surface area contributed by atoms with Gasteiger partial charge in [-0.1, -0.05) is 19.3 Å². The highest BCUT2D eigenvalue weighted by Gasteiger charge is 2.31. The molecule has 86 valence electrons. The Morgan fingerprint density at radius 3 is 2.53 bits per heavy atom. The molecule has 15 heavy (non-hydrogen) atoms. The summed E-state index contributed by atoms with van der Waals surface area (Å²) in [5.74, 6) is 0.304. The lowest BCUT2D eigenvalue weighted by Gasteiger charge is -2.25. The second-order valence-corrected chi connectivity index (χ2v) is 4.81. The van der Waals surface area contributed by atoms with E-state index in [0.717, 1.165) is 25.9 Å². The summed E-state index contributed by atoms with van der Waals surface area (Å²) in [5, 5.41) is 3.17. The van der Waals surface area contributed by atoms with Crippen LogP contribution in [-0.2, 0) is 9.53 Å². The topological polar surface area (TPSA) is 38.3 Å². The van der Waals surface area contributed by atoms with Crippen molar-refractivity contribution in [3.05, 3.63) is 0 Å². The summed E-state index contributed by atoms with van der Waals surface area (Å²) in [6, 6.07) is 0.430. The molecule has 3 heteroatoms. The molecule has 1 aliphatic heterocycles. The summed E-state index contributed by atoms with van der Waals surface area (Å²) in [6.45, 7) is 2.74. The Balaban J connectivity index is 1.80. The molecule has 0 bridgehead atoms. The van der Waals surface area contributed by atoms with Crippen LogP contribution in [0.25, 0.3) is 0 Å². The van der Waals surface area contributed by atoms with Crippen LogP contribution in [0.1, 0.15) is 45.4 Å². The molecule has 2 aliphatic rings. The Morgan fingerprint density at radius 2 is 1.93 bits per heavy atom. The van der Waals surface area contributed by atoms with Crippen molar-refractivity contribution in [3.8, 4) is 0 Å². The van der Waals surface area contributed by atoms with E-state index in [2.05, 4.69) is 5.32 Å². The molecule has 2 unspecified atom stereocenters. The molecule has 0 aromatic rings. The van der Waals surface area contributed by atoms with Gasteiger partial charge in [0.25, 0.3) is 0 Å². The molecular weight excluding hydrogens is 190 g/mol. The van der Waals surface area contributed by atoms with Crippen molar-refractivity contribution in [2.24, 2.45) is 5.92 Å². The molecule has 2 atom stereocenters. The molecule has 0 aromatic carbocycles. The molecule has 0 radical (unpaired) electrons. The molecule has 1 heterocycles. The summed E-state index contributed by atoms with van der Waals surface area (Å²) in [5.41, 5.74) is 0. The first kappa shape index (κ1) is 10.9. The first-order chi connectivity index (χ1) is 7.27. The third-order valence-corrected chi connectivity index (χ3v) is 3.66. The molecule has 1 aliphatic carbocycles. The molecule has 1 N–H and O–H groups in total. The highest BCUT2D eigenvalue weighted by molar-refractivity contribution is 5.79. The number of carbonyl (C=O) groups excluding carboxylic acids is 1. The fraction of sp³-hybridized carbons (Fsp3) is 0.917. The lowest BCUT2D eigenvalue weighted by Crippen LogP contribution is -2.41. The zero-order valence-corrected chi connectivity index (χ0v) is 9.50. The highest BCUT2D eigenvalue weighted by Crippen LogP contribution is 2.22. The second-order valence-electron chi connectivity index (χ2n) is 4.81. The molecule has 1 saturated heterocycles. The Morgan fingerprint density at radius 1 is 1.20 bits per heavy atom. The monoisotopic (exact) mass is 211 g/mol. The van der Waals surface area contributed by atoms with Gasteiger partial charge in [0.15, 0.2) is 0 Å². The van der Waals surface area contributed by atoms with Crippen LogP contribution in [0.3, 0.4) is 0 Å². The van der Waals surface area contributed by atoms with Crippen molar-refractivity contribution in [1.29, 1.82) is 0 Å². The largest absolute Gasteiger partial charge is 0.378 e. The summed E-state index contributed by atoms with van der Waals surface area (Å²) >= 11 is 0. The average molecular weight is 211 g/mol. The fourth-order valence-electron chi connectivity index (χ4n) is 2.63. The summed E-state index contributed by atoms with van der Waals surface area (Å²) in [4.78, 5) is 11.9. The molecule has 0 aromatic heterocycles. The molecule has 1 saturated carbocycles. The lowest BCUT2D eigenvalue weighted by molar-refractivity contribution is -0.127. The van der Waals surface area contributed by atoms with Crippen molar-refractivity contribution in [2.45, 2.75) is 57.6 Å². The van der Waals surface area contributed by atoms with Gasteiger partial charge in [-0.05, 0) is 26.2 Å². The Labute approximate surface area is 91.6 Å². The van der Waals surface area contributed by atoms with E-state index < -0.39 is 0 Å². The van der Waals surface area contributed by atoms with Gasteiger partial charge in [0.1, 0.15) is 0 Å². The van der Waals surface area contributed by atoms with Crippen LogP contribution in [0.2, 0.25) is 0 Å². The predicted octanol–water partition coefficient (Wildman–Crippen LogP) is 1.86. The number of amides is 1. The average Bonchev–Trinajstić information content (AvgIpc) is 2.66. The number of hydrogen-bond acceptors (Lipinski definition) is 2. The van der Waals surface area contributed by atoms with Gasteiger partial charge in [-0.15, -0.1) is 0 Å². The molecular formula is C12H21NO2. The van der Waals surface area contributed by atoms with Crippen molar-refractivity contribution < 1.29 is 9.53 Å². The predicted molar refractivity (Wildman–Crippen MR) is 58.5 cm³/mol. The SMILES string of the molecule is CC1OCCC1C(=O)NC1CCCCC1. The third kappa shape index (κ3) is 2.71. The van der Waals surface area contributed by atoms with Crippen LogP contribution in [0, 0.1) is 5.92 Å². The summed E-state index contributed by atoms with van der Waals surface area (Å²) < 4.78 is 5.41. The quantitative estimate of drug-likeness (QED) is 0.757. The smallest absolute Gasteiger partial charge is 0.226 e. The van der Waals surface area contributed by atoms with E-state index in [1.807, 2.05) is 6.92 Å². The van der Waals surface area contributed by atoms with Crippen LogP contribution in [-0.4, -0.2) is 24.7 Å². The van der Waals surface area contributed by atoms with Crippen LogP contribution < -0.4 is 5.32 Å². The number of nitrogens with one attached hydrogen (secondary N) is 1. The summed E-state index contributed by atoms with van der Waals surface area (Å²) in [7, 11) is 0. The van der Waals surface area contributed by atoms with Crippen molar-refractivity contribution in [3.63, 3.8) is 0 Å². The number of rotatable bonds is 2. The van der Waals surface area contributed by atoms with Gasteiger partial charge in [0.05, 0.1) is 12.0 Å². The van der Waals surface area contributed by atoms with Crippen LogP contribution in [0.4, 0.5) is 0 Å². The van der Waals surface area contributed by atoms with Crippen molar-refractivity contribution in [2.75, 3.05) is 6.61 Å². The lowest BCUT2D eigenvalue weighted by atomic mass is 9.94. The molecule has 2 fully saturated rings. The van der Waals surface area contributed by atoms with E-state index in [4.69, 9.17) is 4.74 Å². The first-order valence-electron chi connectivity index (χ1n) is 6.19. The maximum atomic E-state index is 11.9. The number of hydrogen-bond donors (Lipinski definition) is 1. The van der Waals surface area contributed by atoms with Gasteiger partial charge in [0.2, 0.25) is 5.91 Å². The van der Waals surface area contributed by atoms with Crippen molar-refractivity contribution >= 4 is 5.91 Å². The van der Waals surface area contributed by atoms with Gasteiger partial charge in [-0.3, -0.25) is 4.79 Å². The number of ether oxygens (including phenoxy) is 1. The minimum absolute atomic E-state index is 0.0897. The van der Waals surface area contributed by atoms with Gasteiger partial charge in [-0.25, -0.2) is 0 Å². The van der Waals surface area contributed by atoms with Crippen molar-refractivity contribution in [1.82, 2.24) is 5.32 Å². The van der Waals surface area contributed by atoms with E-state index in [0.29, 0.717) is 6.04 Å². The van der Waals surface area contributed by atoms with E-state index in [9.17, 15) is 4.79 Å². The number of carbonyl (C=O) groups is 1. The van der Waals surface area contributed by atoms with Crippen LogP contribution in [0.15, 0.2) is 0 Å². The maximum absolute atomic E-state index is 11.9. The fourth-order valence-corrected chi connectivity index (χ4v) is 2.63. The standard InChI is InChI=1S/C12H21NO2/c1-9-11(7-8-15-9)12(14)13-10-5-3-2-4-6-10/h9-11H,2-8H2,1H3,(H,13,14). The van der Waals surface area contributed by atoms with E-state index >= 15 is 0 Å². The highest BCUT2D eigenvalue weighted by atomic mass is 16.5. The van der Waals surface area contributed by atoms with Gasteiger partial charge in [0, 0.05) is 12.6 Å². The van der Waals surface area contributed by atoms with E-state index in [1.165, 1.54) is 19.3 Å². The van der Waals surface area contributed by atoms with Gasteiger partial charge in [-0.2, -0.15) is 0 Å². The van der Waals surface area contributed by atoms with Gasteiger partial charge < -0.3 is 10.1 Å². The van der Waals surface area contributed by atoms with Crippen LogP contribution >= 0.6 is 0 Å². The second kappa shape index (κ2) is 4.97. The molecule has 2 rings (SSSR count). The first-order valence-corrected chi connectivity index (χ1v) is 6.19. The third-order valence-electron chi connectivity index (χ3n) is 3.66. The molecule has 3 nitrogen and oxygen atoms in total. The Hall–Kier alpha value is -0.570. The zero-order valence-electron chi connectivity index (χ0n) is 9.50. The summed E-state index contributed by atoms with van der Waals surface area (Å²) in [6.07, 6.45) is 7.17. The molecule has 1 amide bonds.